The molecule has 29 heavy (non-hydrogen) atoms. The number of ether oxygens (including phenoxy) is 1. The van der Waals surface area contributed by atoms with E-state index in [1.165, 1.54) is 0 Å². The number of piperazine rings is 1. The van der Waals surface area contributed by atoms with Gasteiger partial charge < -0.3 is 19.6 Å². The van der Waals surface area contributed by atoms with Crippen molar-refractivity contribution in [1.82, 2.24) is 14.7 Å². The Bertz CT molecular complexity index is 711. The molecule has 2 fully saturated rings. The van der Waals surface area contributed by atoms with E-state index in [1.807, 2.05) is 41.8 Å². The van der Waals surface area contributed by atoms with Crippen LogP contribution in [-0.4, -0.2) is 89.6 Å². The van der Waals surface area contributed by atoms with Gasteiger partial charge in [-0.3, -0.25) is 14.5 Å². The van der Waals surface area contributed by atoms with Crippen LogP contribution in [0.25, 0.3) is 0 Å². The quantitative estimate of drug-likeness (QED) is 0.818. The summed E-state index contributed by atoms with van der Waals surface area (Å²) < 4.78 is 5.83. The fourth-order valence-corrected chi connectivity index (χ4v) is 4.37. The molecular weight excluding hydrogens is 370 g/mol. The molecule has 1 aromatic carbocycles. The summed E-state index contributed by atoms with van der Waals surface area (Å²) in [7, 11) is 0. The van der Waals surface area contributed by atoms with Gasteiger partial charge in [-0.05, 0) is 37.8 Å². The van der Waals surface area contributed by atoms with Gasteiger partial charge in [0.2, 0.25) is 5.91 Å². The van der Waals surface area contributed by atoms with Gasteiger partial charge >= 0.3 is 0 Å². The summed E-state index contributed by atoms with van der Waals surface area (Å²) in [5.74, 6) is 0.838. The summed E-state index contributed by atoms with van der Waals surface area (Å²) in [6.45, 7) is 9.66. The first-order valence-electron chi connectivity index (χ1n) is 10.5. The minimum absolute atomic E-state index is 0.0176. The molecule has 0 bridgehead atoms. The molecule has 0 aromatic heterocycles. The molecule has 0 radical (unpaired) electrons. The van der Waals surface area contributed by atoms with Gasteiger partial charge in [0.25, 0.3) is 5.91 Å². The zero-order valence-electron chi connectivity index (χ0n) is 17.8. The Morgan fingerprint density at radius 1 is 1.00 bits per heavy atom. The predicted octanol–water partition coefficient (Wildman–Crippen LogP) is 1.20. The third-order valence-electron chi connectivity index (χ3n) is 6.16. The van der Waals surface area contributed by atoms with Gasteiger partial charge in [-0.25, -0.2) is 0 Å². The van der Waals surface area contributed by atoms with Crippen LogP contribution in [0.15, 0.2) is 18.2 Å². The van der Waals surface area contributed by atoms with Crippen molar-refractivity contribution in [2.45, 2.75) is 45.8 Å². The molecule has 0 saturated carbocycles. The van der Waals surface area contributed by atoms with Gasteiger partial charge in [0.05, 0.1) is 6.10 Å². The molecule has 0 unspecified atom stereocenters. The van der Waals surface area contributed by atoms with E-state index in [4.69, 9.17) is 4.74 Å². The number of carbonyl (C=O) groups excluding carboxylic acids is 2. The van der Waals surface area contributed by atoms with Gasteiger partial charge in [0.1, 0.15) is 5.75 Å². The monoisotopic (exact) mass is 403 g/mol. The Kier molecular flexibility index (Phi) is 7.14. The summed E-state index contributed by atoms with van der Waals surface area (Å²) in [5, 5.41) is 10.7. The van der Waals surface area contributed by atoms with E-state index in [0.717, 1.165) is 36.4 Å². The van der Waals surface area contributed by atoms with Crippen LogP contribution >= 0.6 is 0 Å². The third kappa shape index (κ3) is 5.28. The number of aryl methyl sites for hydroxylation is 2. The Hall–Kier alpha value is -2.12. The highest BCUT2D eigenvalue weighted by molar-refractivity contribution is 5.78. The molecule has 2 amide bonds. The lowest BCUT2D eigenvalue weighted by Crippen LogP contribution is -2.54. The number of likely N-dealkylation sites (tertiary alicyclic amines) is 1. The second-order valence-electron chi connectivity index (χ2n) is 8.14. The van der Waals surface area contributed by atoms with Crippen LogP contribution in [0.5, 0.6) is 5.75 Å². The fraction of sp³-hybridized carbons (Fsp3) is 0.636. The molecule has 0 spiro atoms. The largest absolute Gasteiger partial charge is 0.483 e. The zero-order chi connectivity index (χ0) is 21.0. The molecule has 3 rings (SSSR count). The van der Waals surface area contributed by atoms with Crippen LogP contribution in [0.2, 0.25) is 0 Å². The number of hydrogen-bond donors (Lipinski definition) is 1. The molecule has 2 atom stereocenters. The van der Waals surface area contributed by atoms with Gasteiger partial charge in [0, 0.05) is 52.2 Å². The summed E-state index contributed by atoms with van der Waals surface area (Å²) >= 11 is 0. The first-order valence-corrected chi connectivity index (χ1v) is 10.5. The molecule has 1 N–H and O–H groups in total. The molecule has 2 aliphatic rings. The predicted molar refractivity (Wildman–Crippen MR) is 111 cm³/mol. The minimum Gasteiger partial charge on any atom is -0.483 e. The van der Waals surface area contributed by atoms with Gasteiger partial charge in [0.15, 0.2) is 6.61 Å². The van der Waals surface area contributed by atoms with Crippen molar-refractivity contribution in [3.05, 3.63) is 29.3 Å². The van der Waals surface area contributed by atoms with Crippen LogP contribution in [0, 0.1) is 13.8 Å². The van der Waals surface area contributed by atoms with Gasteiger partial charge in [-0.15, -0.1) is 0 Å². The van der Waals surface area contributed by atoms with E-state index < -0.39 is 6.10 Å². The van der Waals surface area contributed by atoms with E-state index in [0.29, 0.717) is 32.6 Å². The van der Waals surface area contributed by atoms with Crippen LogP contribution < -0.4 is 4.74 Å². The summed E-state index contributed by atoms with van der Waals surface area (Å²) in [4.78, 5) is 30.2. The number of hydrogen-bond acceptors (Lipinski definition) is 5. The lowest BCUT2D eigenvalue weighted by molar-refractivity contribution is -0.133. The number of para-hydroxylation sites is 1. The number of rotatable bonds is 4. The van der Waals surface area contributed by atoms with Crippen molar-refractivity contribution in [2.24, 2.45) is 0 Å². The van der Waals surface area contributed by atoms with Crippen molar-refractivity contribution in [1.29, 1.82) is 0 Å². The average Bonchev–Trinajstić information content (AvgIpc) is 2.89. The van der Waals surface area contributed by atoms with Gasteiger partial charge in [-0.2, -0.15) is 0 Å². The van der Waals surface area contributed by atoms with Crippen LogP contribution in [0.3, 0.4) is 0 Å². The minimum atomic E-state index is -0.462. The van der Waals surface area contributed by atoms with E-state index in [9.17, 15) is 14.7 Å². The molecule has 160 valence electrons. The second kappa shape index (κ2) is 9.59. The molecular formula is C22H33N3O4. The second-order valence-corrected chi connectivity index (χ2v) is 8.14. The number of amides is 2. The lowest BCUT2D eigenvalue weighted by atomic mass is 10.0. The van der Waals surface area contributed by atoms with E-state index in [1.54, 1.807) is 6.92 Å². The van der Waals surface area contributed by atoms with E-state index >= 15 is 0 Å². The van der Waals surface area contributed by atoms with Crippen molar-refractivity contribution in [3.8, 4) is 5.75 Å². The van der Waals surface area contributed by atoms with Crippen molar-refractivity contribution in [3.63, 3.8) is 0 Å². The van der Waals surface area contributed by atoms with Crippen molar-refractivity contribution >= 4 is 11.8 Å². The number of aliphatic hydroxyl groups is 1. The molecule has 0 aliphatic carbocycles. The molecule has 7 nitrogen and oxygen atoms in total. The Labute approximate surface area is 173 Å². The lowest BCUT2D eigenvalue weighted by Gasteiger charge is -2.40. The fourth-order valence-electron chi connectivity index (χ4n) is 4.37. The van der Waals surface area contributed by atoms with Crippen molar-refractivity contribution in [2.75, 3.05) is 45.9 Å². The molecule has 2 saturated heterocycles. The van der Waals surface area contributed by atoms with Crippen LogP contribution in [-0.2, 0) is 9.59 Å². The maximum Gasteiger partial charge on any atom is 0.260 e. The highest BCUT2D eigenvalue weighted by Crippen LogP contribution is 2.23. The van der Waals surface area contributed by atoms with Crippen LogP contribution in [0.1, 0.15) is 30.9 Å². The summed E-state index contributed by atoms with van der Waals surface area (Å²) in [6.07, 6.45) is 0.833. The number of benzene rings is 1. The smallest absolute Gasteiger partial charge is 0.260 e. The molecule has 2 heterocycles. The Morgan fingerprint density at radius 3 is 2.24 bits per heavy atom. The van der Waals surface area contributed by atoms with Crippen molar-refractivity contribution < 1.29 is 19.4 Å². The van der Waals surface area contributed by atoms with E-state index in [2.05, 4.69) is 4.90 Å². The van der Waals surface area contributed by atoms with Crippen LogP contribution in [0.4, 0.5) is 0 Å². The third-order valence-corrected chi connectivity index (χ3v) is 6.16. The molecule has 7 heteroatoms. The average molecular weight is 404 g/mol. The highest BCUT2D eigenvalue weighted by atomic mass is 16.5. The summed E-state index contributed by atoms with van der Waals surface area (Å²) in [6, 6.07) is 5.96. The number of carbonyl (C=O) groups is 2. The normalized spacial score (nSPS) is 23.6. The van der Waals surface area contributed by atoms with E-state index in [-0.39, 0.29) is 24.5 Å². The molecule has 2 aliphatic heterocycles. The summed E-state index contributed by atoms with van der Waals surface area (Å²) in [5.41, 5.74) is 2.04. The maximum absolute atomic E-state index is 12.7. The maximum atomic E-state index is 12.7. The number of nitrogens with zero attached hydrogens (tertiary/aromatic N) is 3. The first-order chi connectivity index (χ1) is 13.9. The Balaban J connectivity index is 1.53. The standard InChI is InChI=1S/C22H33N3O4/c1-16-5-4-6-17(2)22(16)29-15-21(28)25-9-7-19(20(27)8-10-25)24-13-11-23(12-14-24)18(3)26/h4-6,19-20,27H,7-15H2,1-3H3/t19-,20-/m0/s1. The number of aliphatic hydroxyl groups excluding tert-OH is 1. The zero-order valence-corrected chi connectivity index (χ0v) is 17.8. The highest BCUT2D eigenvalue weighted by Gasteiger charge is 2.33. The van der Waals surface area contributed by atoms with Gasteiger partial charge in [-0.1, -0.05) is 18.2 Å². The molecule has 1 aromatic rings. The Morgan fingerprint density at radius 2 is 1.62 bits per heavy atom. The SMILES string of the molecule is CC(=O)N1CCN([C@H]2CCN(C(=O)COc3c(C)cccc3C)CC[C@@H]2O)CC1. The topological polar surface area (TPSA) is 73.3 Å². The first kappa shape index (κ1) is 21.6.